The molecule has 6 aromatic rings. The Kier molecular flexibility index (Phi) is 4.41. The maximum absolute atomic E-state index is 6.86. The van der Waals surface area contributed by atoms with Crippen molar-refractivity contribution in [2.24, 2.45) is 7.05 Å². The third kappa shape index (κ3) is 2.88. The first kappa shape index (κ1) is 20.0. The molecule has 3 aromatic heterocycles. The lowest BCUT2D eigenvalue weighted by molar-refractivity contribution is 0.394. The average molecular weight is 451 g/mol. The molecule has 0 unspecified atom stereocenters. The highest BCUT2D eigenvalue weighted by Crippen LogP contribution is 2.39. The van der Waals surface area contributed by atoms with Crippen LogP contribution in [0.1, 0.15) is 0 Å². The molecule has 168 valence electrons. The van der Waals surface area contributed by atoms with Gasteiger partial charge in [0, 0.05) is 25.2 Å². The molecule has 34 heavy (non-hydrogen) atoms. The van der Waals surface area contributed by atoms with E-state index >= 15 is 0 Å². The molecular formula is C26H22N6O2. The van der Waals surface area contributed by atoms with Crippen LogP contribution in [0.4, 0.5) is 5.82 Å². The molecule has 0 spiro atoms. The molecule has 8 heteroatoms. The second-order valence-electron chi connectivity index (χ2n) is 8.03. The molecule has 0 aliphatic heterocycles. The number of imidazole rings is 1. The van der Waals surface area contributed by atoms with Gasteiger partial charge in [-0.2, -0.15) is 0 Å². The van der Waals surface area contributed by atoms with Crippen molar-refractivity contribution < 1.29 is 9.47 Å². The van der Waals surface area contributed by atoms with E-state index in [0.29, 0.717) is 28.5 Å². The minimum Gasteiger partial charge on any atom is -0.497 e. The summed E-state index contributed by atoms with van der Waals surface area (Å²) in [6.07, 6.45) is 0. The number of aromatic nitrogens is 5. The van der Waals surface area contributed by atoms with Crippen molar-refractivity contribution in [1.29, 1.82) is 0 Å². The molecule has 0 saturated carbocycles. The number of hydrogen-bond acceptors (Lipinski definition) is 6. The van der Waals surface area contributed by atoms with Gasteiger partial charge in [-0.15, -0.1) is 0 Å². The van der Waals surface area contributed by atoms with Gasteiger partial charge in [0.05, 0.1) is 47.5 Å². The highest BCUT2D eigenvalue weighted by atomic mass is 16.5. The summed E-state index contributed by atoms with van der Waals surface area (Å²) < 4.78 is 14.9. The fourth-order valence-electron chi connectivity index (χ4n) is 4.43. The van der Waals surface area contributed by atoms with Crippen LogP contribution >= 0.6 is 0 Å². The minimum atomic E-state index is 0.485. The third-order valence-corrected chi connectivity index (χ3v) is 6.10. The lowest BCUT2D eigenvalue weighted by Gasteiger charge is -2.12. The van der Waals surface area contributed by atoms with Crippen molar-refractivity contribution in [3.63, 3.8) is 0 Å². The molecule has 0 saturated heterocycles. The molecule has 0 aliphatic rings. The number of rotatable bonds is 4. The molecule has 0 bridgehead atoms. The summed E-state index contributed by atoms with van der Waals surface area (Å²) >= 11 is 0. The number of nitrogen functional groups attached to an aromatic ring is 1. The molecule has 3 aromatic carbocycles. The van der Waals surface area contributed by atoms with Gasteiger partial charge in [-0.05, 0) is 24.3 Å². The van der Waals surface area contributed by atoms with Gasteiger partial charge in [-0.3, -0.25) is 4.57 Å². The van der Waals surface area contributed by atoms with E-state index in [2.05, 4.69) is 0 Å². The molecule has 0 amide bonds. The zero-order valence-corrected chi connectivity index (χ0v) is 19.0. The summed E-state index contributed by atoms with van der Waals surface area (Å²) in [5.41, 5.74) is 13.1. The van der Waals surface area contributed by atoms with Crippen LogP contribution in [0.25, 0.3) is 50.3 Å². The van der Waals surface area contributed by atoms with Gasteiger partial charge in [0.2, 0.25) is 0 Å². The van der Waals surface area contributed by atoms with E-state index in [1.165, 1.54) is 0 Å². The molecule has 3 heterocycles. The van der Waals surface area contributed by atoms with Crippen molar-refractivity contribution in [2.45, 2.75) is 0 Å². The summed E-state index contributed by atoms with van der Waals surface area (Å²) in [6.45, 7) is 0. The summed E-state index contributed by atoms with van der Waals surface area (Å²) in [5.74, 6) is 2.50. The summed E-state index contributed by atoms with van der Waals surface area (Å²) in [7, 11) is 5.22. The normalized spacial score (nSPS) is 11.5. The number of para-hydroxylation sites is 4. The summed E-state index contributed by atoms with van der Waals surface area (Å²) in [6, 6.07) is 21.4. The van der Waals surface area contributed by atoms with Crippen LogP contribution < -0.4 is 15.2 Å². The second-order valence-corrected chi connectivity index (χ2v) is 8.03. The Morgan fingerprint density at radius 1 is 0.765 bits per heavy atom. The third-order valence-electron chi connectivity index (χ3n) is 6.10. The SMILES string of the molecule is COc1cc(OC)cc(-n2c(N)c(-c3nc4ccccc4n3C)c3nc4ccccc4nc32)c1. The number of nitrogens with zero attached hydrogens (tertiary/aromatic N) is 5. The van der Waals surface area contributed by atoms with E-state index in [1.807, 2.05) is 82.9 Å². The number of hydrogen-bond donors (Lipinski definition) is 1. The second kappa shape index (κ2) is 7.48. The Morgan fingerprint density at radius 3 is 2.03 bits per heavy atom. The Hall–Kier alpha value is -4.59. The topological polar surface area (TPSA) is 93.0 Å². The number of aryl methyl sites for hydroxylation is 1. The van der Waals surface area contributed by atoms with Crippen molar-refractivity contribution in [3.05, 3.63) is 66.7 Å². The van der Waals surface area contributed by atoms with Gasteiger partial charge < -0.3 is 19.8 Å². The molecule has 0 atom stereocenters. The first-order chi connectivity index (χ1) is 16.6. The number of fused-ring (bicyclic) bond motifs is 3. The van der Waals surface area contributed by atoms with Crippen LogP contribution in [-0.4, -0.2) is 38.3 Å². The number of anilines is 1. The van der Waals surface area contributed by atoms with Crippen molar-refractivity contribution >= 4 is 39.0 Å². The number of nitrogens with two attached hydrogens (primary N) is 1. The number of ether oxygens (including phenoxy) is 2. The van der Waals surface area contributed by atoms with Gasteiger partial charge in [0.1, 0.15) is 28.7 Å². The summed E-state index contributed by atoms with van der Waals surface area (Å²) in [4.78, 5) is 14.8. The monoisotopic (exact) mass is 450 g/mol. The minimum absolute atomic E-state index is 0.485. The molecule has 0 radical (unpaired) electrons. The molecule has 0 fully saturated rings. The van der Waals surface area contributed by atoms with E-state index in [-0.39, 0.29) is 0 Å². The predicted octanol–water partition coefficient (Wildman–Crippen LogP) is 4.73. The Labute approximate surface area is 195 Å². The van der Waals surface area contributed by atoms with Gasteiger partial charge in [0.15, 0.2) is 5.65 Å². The average Bonchev–Trinajstić information content (AvgIpc) is 3.34. The van der Waals surface area contributed by atoms with Crippen LogP contribution in [0.3, 0.4) is 0 Å². The summed E-state index contributed by atoms with van der Waals surface area (Å²) in [5, 5.41) is 0. The fourth-order valence-corrected chi connectivity index (χ4v) is 4.43. The zero-order valence-electron chi connectivity index (χ0n) is 19.0. The first-order valence-electron chi connectivity index (χ1n) is 10.8. The maximum Gasteiger partial charge on any atom is 0.166 e. The van der Waals surface area contributed by atoms with E-state index in [9.17, 15) is 0 Å². The number of methoxy groups -OCH3 is 2. The van der Waals surface area contributed by atoms with Crippen LogP contribution in [0, 0.1) is 0 Å². The van der Waals surface area contributed by atoms with E-state index < -0.39 is 0 Å². The van der Waals surface area contributed by atoms with Crippen LogP contribution in [0.2, 0.25) is 0 Å². The predicted molar refractivity (Wildman–Crippen MR) is 134 cm³/mol. The highest BCUT2D eigenvalue weighted by molar-refractivity contribution is 6.02. The van der Waals surface area contributed by atoms with Crippen molar-refractivity contribution in [2.75, 3.05) is 20.0 Å². The maximum atomic E-state index is 6.86. The number of benzene rings is 3. The zero-order chi connectivity index (χ0) is 23.4. The molecule has 2 N–H and O–H groups in total. The Morgan fingerprint density at radius 2 is 1.38 bits per heavy atom. The first-order valence-corrected chi connectivity index (χ1v) is 10.8. The van der Waals surface area contributed by atoms with Crippen molar-refractivity contribution in [1.82, 2.24) is 24.1 Å². The van der Waals surface area contributed by atoms with Crippen molar-refractivity contribution in [3.8, 4) is 28.6 Å². The van der Waals surface area contributed by atoms with Crippen LogP contribution in [-0.2, 0) is 7.05 Å². The van der Waals surface area contributed by atoms with Crippen LogP contribution in [0.5, 0.6) is 11.5 Å². The quantitative estimate of drug-likeness (QED) is 0.418. The van der Waals surface area contributed by atoms with E-state index in [4.69, 9.17) is 30.2 Å². The molecule has 8 nitrogen and oxygen atoms in total. The van der Waals surface area contributed by atoms with Gasteiger partial charge in [0.25, 0.3) is 0 Å². The molecule has 6 rings (SSSR count). The van der Waals surface area contributed by atoms with E-state index in [1.54, 1.807) is 14.2 Å². The van der Waals surface area contributed by atoms with Gasteiger partial charge in [-0.25, -0.2) is 15.0 Å². The van der Waals surface area contributed by atoms with Gasteiger partial charge >= 0.3 is 0 Å². The lowest BCUT2D eigenvalue weighted by atomic mass is 10.2. The molecular weight excluding hydrogens is 428 g/mol. The lowest BCUT2D eigenvalue weighted by Crippen LogP contribution is -2.03. The van der Waals surface area contributed by atoms with Crippen LogP contribution in [0.15, 0.2) is 66.7 Å². The Bertz CT molecular complexity index is 1690. The Balaban J connectivity index is 1.75. The highest BCUT2D eigenvalue weighted by Gasteiger charge is 2.25. The van der Waals surface area contributed by atoms with Gasteiger partial charge in [-0.1, -0.05) is 24.3 Å². The standard InChI is InChI=1S/C26H22N6O2/c1-31-21-11-7-6-10-20(21)30-25(31)22-23-26(29-19-9-5-4-8-18(19)28-23)32(24(22)27)15-12-16(33-2)14-17(13-15)34-3/h4-14H,27H2,1-3H3. The fraction of sp³-hybridized carbons (Fsp3) is 0.115. The molecule has 0 aliphatic carbocycles. The smallest absolute Gasteiger partial charge is 0.166 e. The largest absolute Gasteiger partial charge is 0.497 e. The van der Waals surface area contributed by atoms with E-state index in [0.717, 1.165) is 39.1 Å².